The normalized spacial score (nSPS) is 16.6. The summed E-state index contributed by atoms with van der Waals surface area (Å²) in [5.41, 5.74) is 2.20. The summed E-state index contributed by atoms with van der Waals surface area (Å²) in [6, 6.07) is 10.7. The lowest BCUT2D eigenvalue weighted by Crippen LogP contribution is -2.49. The third-order valence-electron chi connectivity index (χ3n) is 4.73. The maximum atomic E-state index is 5.43. The van der Waals surface area contributed by atoms with E-state index in [-0.39, 0.29) is 24.0 Å². The molecule has 27 heavy (non-hydrogen) atoms. The molecule has 0 spiro atoms. The Morgan fingerprint density at radius 3 is 2.78 bits per heavy atom. The molecule has 1 aliphatic heterocycles. The Morgan fingerprint density at radius 2 is 2.00 bits per heavy atom. The van der Waals surface area contributed by atoms with Gasteiger partial charge in [-0.05, 0) is 31.5 Å². The highest BCUT2D eigenvalue weighted by Crippen LogP contribution is 2.16. The Labute approximate surface area is 178 Å². The Morgan fingerprint density at radius 1 is 1.22 bits per heavy atom. The monoisotopic (exact) mass is 483 g/mol. The molecule has 1 aromatic carbocycles. The number of guanidine groups is 1. The third kappa shape index (κ3) is 6.29. The summed E-state index contributed by atoms with van der Waals surface area (Å²) >= 11 is 0. The van der Waals surface area contributed by atoms with Crippen molar-refractivity contribution in [1.82, 2.24) is 20.5 Å². The summed E-state index contributed by atoms with van der Waals surface area (Å²) in [4.78, 5) is 11.7. The molecule has 3 rings (SSSR count). The van der Waals surface area contributed by atoms with Crippen molar-refractivity contribution in [3.8, 4) is 0 Å². The second kappa shape index (κ2) is 11.4. The highest BCUT2D eigenvalue weighted by Gasteiger charge is 2.17. The summed E-state index contributed by atoms with van der Waals surface area (Å²) < 4.78 is 5.43. The first kappa shape index (κ1) is 21.8. The molecule has 1 aliphatic rings. The number of nitrogens with zero attached hydrogens (tertiary/aromatic N) is 3. The van der Waals surface area contributed by atoms with Gasteiger partial charge < -0.3 is 15.4 Å². The maximum absolute atomic E-state index is 5.43. The molecule has 1 atom stereocenters. The maximum Gasteiger partial charge on any atom is 0.191 e. The number of rotatable bonds is 6. The number of hydrogen-bond acceptors (Lipinski definition) is 4. The predicted molar refractivity (Wildman–Crippen MR) is 122 cm³/mol. The van der Waals surface area contributed by atoms with Crippen LogP contribution < -0.4 is 10.6 Å². The SMILES string of the molecule is CCNC(=NCc1ccnc2ccccc12)NCC(C)N1CCOCC1.I. The highest BCUT2D eigenvalue weighted by molar-refractivity contribution is 14.0. The zero-order valence-corrected chi connectivity index (χ0v) is 18.5. The largest absolute Gasteiger partial charge is 0.379 e. The third-order valence-corrected chi connectivity index (χ3v) is 4.73. The van der Waals surface area contributed by atoms with Gasteiger partial charge in [-0.1, -0.05) is 18.2 Å². The number of fused-ring (bicyclic) bond motifs is 1. The van der Waals surface area contributed by atoms with E-state index in [0.29, 0.717) is 12.6 Å². The fourth-order valence-electron chi connectivity index (χ4n) is 3.19. The summed E-state index contributed by atoms with van der Waals surface area (Å²) in [5, 5.41) is 7.98. The van der Waals surface area contributed by atoms with Gasteiger partial charge in [0.05, 0.1) is 25.3 Å². The van der Waals surface area contributed by atoms with Crippen molar-refractivity contribution < 1.29 is 4.74 Å². The van der Waals surface area contributed by atoms with Crippen molar-refractivity contribution in [2.45, 2.75) is 26.4 Å². The fourth-order valence-corrected chi connectivity index (χ4v) is 3.19. The average molecular weight is 483 g/mol. The smallest absolute Gasteiger partial charge is 0.191 e. The van der Waals surface area contributed by atoms with E-state index < -0.39 is 0 Å². The molecule has 2 aromatic rings. The van der Waals surface area contributed by atoms with Gasteiger partial charge in [-0.25, -0.2) is 4.99 Å². The Balaban J connectivity index is 0.00000261. The van der Waals surface area contributed by atoms with Gasteiger partial charge in [0.15, 0.2) is 5.96 Å². The number of nitrogens with one attached hydrogen (secondary N) is 2. The van der Waals surface area contributed by atoms with Gasteiger partial charge in [-0.15, -0.1) is 24.0 Å². The van der Waals surface area contributed by atoms with Gasteiger partial charge in [0.25, 0.3) is 0 Å². The fraction of sp³-hybridized carbons (Fsp3) is 0.500. The number of aliphatic imine (C=N–C) groups is 1. The molecule has 1 fully saturated rings. The van der Waals surface area contributed by atoms with E-state index in [4.69, 9.17) is 9.73 Å². The first-order valence-electron chi connectivity index (χ1n) is 9.44. The van der Waals surface area contributed by atoms with Crippen LogP contribution in [0.25, 0.3) is 10.9 Å². The standard InChI is InChI=1S/C20H29N5O.HI/c1-3-21-20(23-14-16(2)25-10-12-26-13-11-25)24-15-17-8-9-22-19-7-5-4-6-18(17)19;/h4-9,16H,3,10-15H2,1-2H3,(H2,21,23,24);1H. The molecule has 0 radical (unpaired) electrons. The van der Waals surface area contributed by atoms with Crippen molar-refractivity contribution in [2.75, 3.05) is 39.4 Å². The number of pyridine rings is 1. The molecule has 0 amide bonds. The molecular weight excluding hydrogens is 453 g/mol. The van der Waals surface area contributed by atoms with Crippen LogP contribution in [0.15, 0.2) is 41.5 Å². The van der Waals surface area contributed by atoms with Gasteiger partial charge in [0, 0.05) is 43.8 Å². The molecule has 0 bridgehead atoms. The van der Waals surface area contributed by atoms with E-state index in [1.165, 1.54) is 5.56 Å². The molecule has 2 N–H and O–H groups in total. The van der Waals surface area contributed by atoms with E-state index in [2.05, 4.69) is 40.4 Å². The van der Waals surface area contributed by atoms with Crippen molar-refractivity contribution >= 4 is 40.8 Å². The summed E-state index contributed by atoms with van der Waals surface area (Å²) in [6.07, 6.45) is 1.86. The van der Waals surface area contributed by atoms with Crippen LogP contribution in [0, 0.1) is 0 Å². The van der Waals surface area contributed by atoms with Crippen LogP contribution in [0.1, 0.15) is 19.4 Å². The van der Waals surface area contributed by atoms with Crippen LogP contribution in [0.4, 0.5) is 0 Å². The molecule has 1 saturated heterocycles. The number of halogens is 1. The van der Waals surface area contributed by atoms with Crippen LogP contribution in [-0.2, 0) is 11.3 Å². The zero-order valence-electron chi connectivity index (χ0n) is 16.1. The van der Waals surface area contributed by atoms with Crippen LogP contribution >= 0.6 is 24.0 Å². The lowest BCUT2D eigenvalue weighted by atomic mass is 10.1. The summed E-state index contributed by atoms with van der Waals surface area (Å²) in [5.74, 6) is 0.855. The van der Waals surface area contributed by atoms with Crippen LogP contribution in [0.3, 0.4) is 0 Å². The van der Waals surface area contributed by atoms with Gasteiger partial charge >= 0.3 is 0 Å². The predicted octanol–water partition coefficient (Wildman–Crippen LogP) is 2.63. The molecule has 1 unspecified atom stereocenters. The van der Waals surface area contributed by atoms with Crippen molar-refractivity contribution in [1.29, 1.82) is 0 Å². The Hall–Kier alpha value is -1.45. The summed E-state index contributed by atoms with van der Waals surface area (Å²) in [6.45, 7) is 10.3. The van der Waals surface area contributed by atoms with Crippen LogP contribution in [0.2, 0.25) is 0 Å². The average Bonchev–Trinajstić information content (AvgIpc) is 2.70. The van der Waals surface area contributed by atoms with Gasteiger partial charge in [-0.2, -0.15) is 0 Å². The van der Waals surface area contributed by atoms with E-state index in [9.17, 15) is 0 Å². The number of aromatic nitrogens is 1. The van der Waals surface area contributed by atoms with Crippen molar-refractivity contribution in [3.63, 3.8) is 0 Å². The van der Waals surface area contributed by atoms with E-state index in [1.807, 2.05) is 30.5 Å². The van der Waals surface area contributed by atoms with Crippen LogP contribution in [-0.4, -0.2) is 61.3 Å². The number of benzene rings is 1. The Bertz CT molecular complexity index is 728. The molecule has 0 saturated carbocycles. The molecule has 2 heterocycles. The van der Waals surface area contributed by atoms with E-state index in [1.54, 1.807) is 0 Å². The molecular formula is C20H30IN5O. The number of hydrogen-bond donors (Lipinski definition) is 2. The van der Waals surface area contributed by atoms with Gasteiger partial charge in [-0.3, -0.25) is 9.88 Å². The second-order valence-corrected chi connectivity index (χ2v) is 6.56. The lowest BCUT2D eigenvalue weighted by Gasteiger charge is -2.32. The zero-order chi connectivity index (χ0) is 18.2. The minimum Gasteiger partial charge on any atom is -0.379 e. The van der Waals surface area contributed by atoms with Gasteiger partial charge in [0.1, 0.15) is 0 Å². The highest BCUT2D eigenvalue weighted by atomic mass is 127. The molecule has 1 aromatic heterocycles. The quantitative estimate of drug-likeness (QED) is 0.376. The molecule has 6 nitrogen and oxygen atoms in total. The minimum absolute atomic E-state index is 0. The van der Waals surface area contributed by atoms with Crippen LogP contribution in [0.5, 0.6) is 0 Å². The van der Waals surface area contributed by atoms with E-state index in [0.717, 1.165) is 56.3 Å². The molecule has 148 valence electrons. The van der Waals surface area contributed by atoms with E-state index >= 15 is 0 Å². The summed E-state index contributed by atoms with van der Waals surface area (Å²) in [7, 11) is 0. The van der Waals surface area contributed by atoms with Crippen molar-refractivity contribution in [3.05, 3.63) is 42.1 Å². The second-order valence-electron chi connectivity index (χ2n) is 6.56. The topological polar surface area (TPSA) is 61.8 Å². The van der Waals surface area contributed by atoms with Gasteiger partial charge in [0.2, 0.25) is 0 Å². The lowest BCUT2D eigenvalue weighted by molar-refractivity contribution is 0.0211. The molecule has 0 aliphatic carbocycles. The Kier molecular flexibility index (Phi) is 9.23. The van der Waals surface area contributed by atoms with Crippen molar-refractivity contribution in [2.24, 2.45) is 4.99 Å². The number of para-hydroxylation sites is 1. The number of ether oxygens (including phenoxy) is 1. The first-order chi connectivity index (χ1) is 12.8. The molecule has 7 heteroatoms. The minimum atomic E-state index is 0. The number of morpholine rings is 1. The first-order valence-corrected chi connectivity index (χ1v) is 9.44.